The summed E-state index contributed by atoms with van der Waals surface area (Å²) in [7, 11) is 1.33. The number of esters is 2. The Labute approximate surface area is 248 Å². The van der Waals surface area contributed by atoms with Crippen LogP contribution in [0.15, 0.2) is 48.5 Å². The van der Waals surface area contributed by atoms with Crippen molar-refractivity contribution in [1.82, 2.24) is 9.88 Å². The molecule has 1 atom stereocenters. The number of anilines is 1. The summed E-state index contributed by atoms with van der Waals surface area (Å²) in [5.74, 6) is -1.57. The van der Waals surface area contributed by atoms with Gasteiger partial charge in [0.2, 0.25) is 0 Å². The number of carbonyl (C=O) groups is 3. The second-order valence-electron chi connectivity index (χ2n) is 10.8. The fourth-order valence-electron chi connectivity index (χ4n) is 6.02. The largest absolute Gasteiger partial charge is 0.465 e. The highest BCUT2D eigenvalue weighted by molar-refractivity contribution is 7.20. The maximum absolute atomic E-state index is 13.8. The van der Waals surface area contributed by atoms with Gasteiger partial charge in [0.25, 0.3) is 5.91 Å². The molecular weight excluding hydrogens is 550 g/mol. The Bertz CT molecular complexity index is 1710. The molecule has 2 aliphatic rings. The van der Waals surface area contributed by atoms with Gasteiger partial charge in [-0.3, -0.25) is 14.7 Å². The van der Waals surface area contributed by atoms with E-state index in [1.54, 1.807) is 6.92 Å². The Morgan fingerprint density at radius 1 is 1.00 bits per heavy atom. The third kappa shape index (κ3) is 5.07. The third-order valence-corrected chi connectivity index (χ3v) is 9.24. The summed E-state index contributed by atoms with van der Waals surface area (Å²) in [5.41, 5.74) is 6.46. The number of nitrogens with zero attached hydrogens (tertiary/aromatic N) is 2. The summed E-state index contributed by atoms with van der Waals surface area (Å²) in [4.78, 5) is 48.2. The van der Waals surface area contributed by atoms with E-state index in [4.69, 9.17) is 14.5 Å². The maximum Gasteiger partial charge on any atom is 0.341 e. The molecule has 1 unspecified atom stereocenters. The van der Waals surface area contributed by atoms with E-state index in [9.17, 15) is 14.4 Å². The van der Waals surface area contributed by atoms with Gasteiger partial charge in [-0.1, -0.05) is 49.4 Å². The molecule has 0 fully saturated rings. The molecule has 9 heteroatoms. The van der Waals surface area contributed by atoms with Crippen LogP contribution in [-0.4, -0.2) is 54.0 Å². The van der Waals surface area contributed by atoms with Gasteiger partial charge in [-0.25, -0.2) is 9.59 Å². The van der Waals surface area contributed by atoms with Crippen LogP contribution in [0, 0.1) is 0 Å². The first kappa shape index (κ1) is 28.1. The molecule has 1 aliphatic heterocycles. The molecule has 0 saturated carbocycles. The molecule has 0 bridgehead atoms. The van der Waals surface area contributed by atoms with E-state index in [-0.39, 0.29) is 0 Å². The van der Waals surface area contributed by atoms with Gasteiger partial charge < -0.3 is 14.8 Å². The number of benzene rings is 2. The molecular formula is C33H33N3O5S. The predicted octanol–water partition coefficient (Wildman–Crippen LogP) is 5.80. The number of ether oxygens (including phenoxy) is 2. The topological polar surface area (TPSA) is 97.8 Å². The SMILES string of the molecule is CCCN1CCc2nc3ccccc3c(C(=O)OC(C)C(=O)Nc3sc4c(c3C(=O)OC)CCc3ccccc3-4)c2C1. The van der Waals surface area contributed by atoms with Crippen molar-refractivity contribution in [2.75, 3.05) is 25.5 Å². The molecule has 1 N–H and O–H groups in total. The van der Waals surface area contributed by atoms with Crippen molar-refractivity contribution in [1.29, 1.82) is 0 Å². The summed E-state index contributed by atoms with van der Waals surface area (Å²) in [5, 5.41) is 3.99. The zero-order valence-corrected chi connectivity index (χ0v) is 24.8. The molecule has 8 nitrogen and oxygen atoms in total. The van der Waals surface area contributed by atoms with Crippen LogP contribution >= 0.6 is 11.3 Å². The van der Waals surface area contributed by atoms with E-state index >= 15 is 0 Å². The van der Waals surface area contributed by atoms with Crippen LogP contribution < -0.4 is 5.32 Å². The van der Waals surface area contributed by atoms with E-state index in [2.05, 4.69) is 23.2 Å². The molecule has 0 saturated heterocycles. The number of carbonyl (C=O) groups excluding carboxylic acids is 3. The van der Waals surface area contributed by atoms with Crippen molar-refractivity contribution in [3.05, 3.63) is 82.0 Å². The zero-order chi connectivity index (χ0) is 29.4. The number of pyridine rings is 1. The average Bonchev–Trinajstić information content (AvgIpc) is 3.37. The maximum atomic E-state index is 13.8. The number of hydrogen-bond donors (Lipinski definition) is 1. The Morgan fingerprint density at radius 2 is 1.79 bits per heavy atom. The van der Waals surface area contributed by atoms with Crippen molar-refractivity contribution in [3.8, 4) is 10.4 Å². The molecule has 216 valence electrons. The van der Waals surface area contributed by atoms with Crippen LogP contribution in [0.25, 0.3) is 21.3 Å². The van der Waals surface area contributed by atoms with Gasteiger partial charge in [-0.2, -0.15) is 0 Å². The number of amides is 1. The zero-order valence-electron chi connectivity index (χ0n) is 24.0. The van der Waals surface area contributed by atoms with Crippen LogP contribution in [0.1, 0.15) is 63.4 Å². The molecule has 1 aliphatic carbocycles. The van der Waals surface area contributed by atoms with E-state index in [0.29, 0.717) is 34.5 Å². The second-order valence-corrected chi connectivity index (χ2v) is 11.8. The Kier molecular flexibility index (Phi) is 7.79. The lowest BCUT2D eigenvalue weighted by atomic mass is 9.89. The number of aromatic nitrogens is 1. The van der Waals surface area contributed by atoms with Crippen LogP contribution in [0.5, 0.6) is 0 Å². The molecule has 0 radical (unpaired) electrons. The van der Waals surface area contributed by atoms with Crippen LogP contribution in [-0.2, 0) is 40.1 Å². The molecule has 2 aromatic heterocycles. The fourth-order valence-corrected chi connectivity index (χ4v) is 7.32. The van der Waals surface area contributed by atoms with Gasteiger partial charge in [-0.15, -0.1) is 11.3 Å². The van der Waals surface area contributed by atoms with Gasteiger partial charge in [0.15, 0.2) is 6.10 Å². The minimum Gasteiger partial charge on any atom is -0.465 e. The predicted molar refractivity (Wildman–Crippen MR) is 163 cm³/mol. The molecule has 4 aromatic rings. The fraction of sp³-hybridized carbons (Fsp3) is 0.333. The van der Waals surface area contributed by atoms with E-state index in [1.807, 2.05) is 42.5 Å². The summed E-state index contributed by atoms with van der Waals surface area (Å²) in [6.45, 7) is 6.11. The number of nitrogens with one attached hydrogen (secondary N) is 1. The highest BCUT2D eigenvalue weighted by atomic mass is 32.1. The van der Waals surface area contributed by atoms with E-state index in [0.717, 1.165) is 65.1 Å². The van der Waals surface area contributed by atoms with Crippen molar-refractivity contribution in [3.63, 3.8) is 0 Å². The first-order valence-corrected chi connectivity index (χ1v) is 15.2. The lowest BCUT2D eigenvalue weighted by Crippen LogP contribution is -2.34. The molecule has 2 aromatic carbocycles. The average molecular weight is 584 g/mol. The molecule has 6 rings (SSSR count). The van der Waals surface area contributed by atoms with Gasteiger partial charge >= 0.3 is 11.9 Å². The minimum absolute atomic E-state index is 0.365. The summed E-state index contributed by atoms with van der Waals surface area (Å²) in [6.07, 6.45) is 2.12. The quantitative estimate of drug-likeness (QED) is 0.275. The number of fused-ring (bicyclic) bond motifs is 5. The van der Waals surface area contributed by atoms with Crippen LogP contribution in [0.3, 0.4) is 0 Å². The van der Waals surface area contributed by atoms with Crippen LogP contribution in [0.4, 0.5) is 5.00 Å². The van der Waals surface area contributed by atoms with E-state index < -0.39 is 23.9 Å². The standard InChI is InChI=1S/C33H33N3O5S/c1-4-16-36-17-15-26-24(18-36)27(22-11-7-8-12-25(22)34-26)33(39)41-19(2)30(37)35-31-28(32(38)40-3)23-14-13-20-9-5-6-10-21(20)29(23)42-31/h5-12,19H,4,13-18H2,1-3H3,(H,35,37). The summed E-state index contributed by atoms with van der Waals surface area (Å²) < 4.78 is 10.9. The lowest BCUT2D eigenvalue weighted by Gasteiger charge is -2.29. The number of para-hydroxylation sites is 1. The third-order valence-electron chi connectivity index (χ3n) is 8.06. The highest BCUT2D eigenvalue weighted by Gasteiger charge is 2.32. The summed E-state index contributed by atoms with van der Waals surface area (Å²) >= 11 is 1.35. The van der Waals surface area contributed by atoms with E-state index in [1.165, 1.54) is 24.0 Å². The lowest BCUT2D eigenvalue weighted by molar-refractivity contribution is -0.123. The smallest absolute Gasteiger partial charge is 0.341 e. The molecule has 0 spiro atoms. The number of hydrogen-bond acceptors (Lipinski definition) is 8. The second kappa shape index (κ2) is 11.7. The van der Waals surface area contributed by atoms with Gasteiger partial charge in [0.1, 0.15) is 5.00 Å². The normalized spacial score (nSPS) is 14.8. The van der Waals surface area contributed by atoms with Gasteiger partial charge in [-0.05, 0) is 55.5 Å². The minimum atomic E-state index is -1.10. The van der Waals surface area contributed by atoms with Crippen molar-refractivity contribution in [2.45, 2.75) is 52.2 Å². The number of rotatable bonds is 7. The monoisotopic (exact) mass is 583 g/mol. The molecule has 3 heterocycles. The van der Waals surface area contributed by atoms with Gasteiger partial charge in [0, 0.05) is 41.0 Å². The summed E-state index contributed by atoms with van der Waals surface area (Å²) in [6, 6.07) is 15.6. The van der Waals surface area contributed by atoms with Crippen molar-refractivity contribution < 1.29 is 23.9 Å². The Balaban J connectivity index is 1.28. The van der Waals surface area contributed by atoms with Crippen molar-refractivity contribution in [2.24, 2.45) is 0 Å². The highest BCUT2D eigenvalue weighted by Crippen LogP contribution is 2.45. The van der Waals surface area contributed by atoms with Gasteiger partial charge in [0.05, 0.1) is 23.8 Å². The first-order chi connectivity index (χ1) is 20.4. The number of methoxy groups -OCH3 is 1. The number of thiophene rings is 1. The number of aryl methyl sites for hydroxylation is 1. The molecule has 42 heavy (non-hydrogen) atoms. The van der Waals surface area contributed by atoms with Crippen LogP contribution in [0.2, 0.25) is 0 Å². The van der Waals surface area contributed by atoms with Crippen molar-refractivity contribution >= 4 is 45.1 Å². The Morgan fingerprint density at radius 3 is 2.60 bits per heavy atom. The molecule has 1 amide bonds. The Hall–Kier alpha value is -4.08. The first-order valence-electron chi connectivity index (χ1n) is 14.4.